The van der Waals surface area contributed by atoms with Gasteiger partial charge in [-0.25, -0.2) is 0 Å². The fourth-order valence-electron chi connectivity index (χ4n) is 2.21. The molecule has 0 saturated heterocycles. The maximum atomic E-state index is 6.37. The lowest BCUT2D eigenvalue weighted by Crippen LogP contribution is -2.37. The molecular weight excluding hydrogens is 377 g/mol. The molecule has 1 N–H and O–H groups in total. The van der Waals surface area contributed by atoms with Gasteiger partial charge in [0.05, 0.1) is 5.02 Å². The molecule has 0 aliphatic heterocycles. The summed E-state index contributed by atoms with van der Waals surface area (Å²) in [4.78, 5) is 0. The Balaban J connectivity index is 0.00000312. The minimum absolute atomic E-state index is 0. The van der Waals surface area contributed by atoms with E-state index >= 15 is 0 Å². The number of benzene rings is 2. The lowest BCUT2D eigenvalue weighted by atomic mass is 10.0. The minimum Gasteiger partial charge on any atom is -0.487 e. The van der Waals surface area contributed by atoms with Crippen LogP contribution in [0.2, 0.25) is 10.0 Å². The first-order chi connectivity index (χ1) is 11.3. The molecule has 0 aliphatic rings. The van der Waals surface area contributed by atoms with E-state index in [9.17, 15) is 0 Å². The van der Waals surface area contributed by atoms with Crippen LogP contribution in [0.5, 0.6) is 5.75 Å². The SMILES string of the molecule is CCC(C)(C)NCc1cc(Cl)cc(Cl)c1OCc1ccc(C)cc1.Cl. The van der Waals surface area contributed by atoms with E-state index in [1.807, 2.05) is 6.07 Å². The van der Waals surface area contributed by atoms with E-state index in [-0.39, 0.29) is 17.9 Å². The van der Waals surface area contributed by atoms with Crippen LogP contribution in [0.25, 0.3) is 0 Å². The first kappa shape index (κ1) is 22.1. The zero-order chi connectivity index (χ0) is 17.7. The second-order valence-corrected chi connectivity index (χ2v) is 7.58. The predicted molar refractivity (Wildman–Crippen MR) is 110 cm³/mol. The van der Waals surface area contributed by atoms with Crippen molar-refractivity contribution in [3.8, 4) is 5.75 Å². The summed E-state index contributed by atoms with van der Waals surface area (Å²) in [7, 11) is 0. The van der Waals surface area contributed by atoms with Crippen molar-refractivity contribution in [2.75, 3.05) is 0 Å². The van der Waals surface area contributed by atoms with E-state index in [4.69, 9.17) is 27.9 Å². The number of ether oxygens (including phenoxy) is 1. The van der Waals surface area contributed by atoms with Gasteiger partial charge in [0.2, 0.25) is 0 Å². The van der Waals surface area contributed by atoms with Crippen molar-refractivity contribution in [3.63, 3.8) is 0 Å². The molecule has 0 heterocycles. The molecular formula is C20H26Cl3NO. The van der Waals surface area contributed by atoms with Gasteiger partial charge in [0.1, 0.15) is 12.4 Å². The fourth-order valence-corrected chi connectivity index (χ4v) is 2.80. The number of hydrogen-bond donors (Lipinski definition) is 1. The van der Waals surface area contributed by atoms with Crippen molar-refractivity contribution < 1.29 is 4.74 Å². The van der Waals surface area contributed by atoms with Gasteiger partial charge in [-0.2, -0.15) is 0 Å². The van der Waals surface area contributed by atoms with E-state index in [1.54, 1.807) is 6.07 Å². The second-order valence-electron chi connectivity index (χ2n) is 6.74. The van der Waals surface area contributed by atoms with Crippen molar-refractivity contribution in [2.45, 2.75) is 52.8 Å². The third-order valence-corrected chi connectivity index (χ3v) is 4.73. The predicted octanol–water partition coefficient (Wildman–Crippen LogP) is 6.58. The Kier molecular flexibility index (Phi) is 8.56. The normalized spacial score (nSPS) is 11.1. The Bertz CT molecular complexity index is 684. The number of nitrogens with one attached hydrogen (secondary N) is 1. The Labute approximate surface area is 167 Å². The molecule has 138 valence electrons. The molecule has 0 saturated carbocycles. The maximum Gasteiger partial charge on any atom is 0.142 e. The highest BCUT2D eigenvalue weighted by atomic mass is 35.5. The summed E-state index contributed by atoms with van der Waals surface area (Å²) in [5, 5.41) is 4.69. The molecule has 5 heteroatoms. The first-order valence-electron chi connectivity index (χ1n) is 8.22. The largest absolute Gasteiger partial charge is 0.487 e. The summed E-state index contributed by atoms with van der Waals surface area (Å²) in [6.45, 7) is 9.71. The number of halogens is 3. The average Bonchev–Trinajstić information content (AvgIpc) is 2.53. The van der Waals surface area contributed by atoms with Crippen molar-refractivity contribution in [3.05, 3.63) is 63.1 Å². The van der Waals surface area contributed by atoms with Crippen molar-refractivity contribution >= 4 is 35.6 Å². The summed E-state index contributed by atoms with van der Waals surface area (Å²) in [5.41, 5.74) is 3.36. The van der Waals surface area contributed by atoms with Crippen molar-refractivity contribution in [1.82, 2.24) is 5.32 Å². The third-order valence-electron chi connectivity index (χ3n) is 4.23. The van der Waals surface area contributed by atoms with Crippen LogP contribution in [0.1, 0.15) is 43.9 Å². The van der Waals surface area contributed by atoms with Gasteiger partial charge >= 0.3 is 0 Å². The molecule has 2 aromatic rings. The van der Waals surface area contributed by atoms with Crippen LogP contribution in [0, 0.1) is 6.92 Å². The number of hydrogen-bond acceptors (Lipinski definition) is 2. The van der Waals surface area contributed by atoms with E-state index in [0.717, 1.165) is 17.5 Å². The van der Waals surface area contributed by atoms with Gasteiger partial charge in [0.25, 0.3) is 0 Å². The fraction of sp³-hybridized carbons (Fsp3) is 0.400. The van der Waals surface area contributed by atoms with Gasteiger partial charge in [-0.1, -0.05) is 60.0 Å². The summed E-state index contributed by atoms with van der Waals surface area (Å²) in [6.07, 6.45) is 1.03. The molecule has 0 spiro atoms. The van der Waals surface area contributed by atoms with Gasteiger partial charge in [-0.3, -0.25) is 0 Å². The molecule has 0 aliphatic carbocycles. The first-order valence-corrected chi connectivity index (χ1v) is 8.97. The molecule has 0 fully saturated rings. The monoisotopic (exact) mass is 401 g/mol. The van der Waals surface area contributed by atoms with E-state index in [1.165, 1.54) is 5.56 Å². The molecule has 25 heavy (non-hydrogen) atoms. The summed E-state index contributed by atoms with van der Waals surface area (Å²) >= 11 is 12.5. The van der Waals surface area contributed by atoms with Crippen molar-refractivity contribution in [2.24, 2.45) is 0 Å². The van der Waals surface area contributed by atoms with Gasteiger partial charge in [0, 0.05) is 22.7 Å². The Morgan fingerprint density at radius 2 is 1.72 bits per heavy atom. The van der Waals surface area contributed by atoms with Crippen LogP contribution >= 0.6 is 35.6 Å². The zero-order valence-electron chi connectivity index (χ0n) is 15.2. The van der Waals surface area contributed by atoms with E-state index in [0.29, 0.717) is 28.9 Å². The topological polar surface area (TPSA) is 21.3 Å². The van der Waals surface area contributed by atoms with E-state index < -0.39 is 0 Å². The molecule has 0 aromatic heterocycles. The smallest absolute Gasteiger partial charge is 0.142 e. The van der Waals surface area contributed by atoms with Gasteiger partial charge < -0.3 is 10.1 Å². The van der Waals surface area contributed by atoms with Crippen LogP contribution < -0.4 is 10.1 Å². The van der Waals surface area contributed by atoms with E-state index in [2.05, 4.69) is 57.3 Å². The Hall–Kier alpha value is -0.930. The third kappa shape index (κ3) is 6.71. The molecule has 0 bridgehead atoms. The minimum atomic E-state index is 0. The van der Waals surface area contributed by atoms with Crippen LogP contribution in [-0.4, -0.2) is 5.54 Å². The van der Waals surface area contributed by atoms with Crippen LogP contribution in [0.3, 0.4) is 0 Å². The average molecular weight is 403 g/mol. The quantitative estimate of drug-likeness (QED) is 0.564. The summed E-state index contributed by atoms with van der Waals surface area (Å²) < 4.78 is 6.02. The van der Waals surface area contributed by atoms with Gasteiger partial charge in [-0.05, 0) is 44.9 Å². The Morgan fingerprint density at radius 3 is 2.32 bits per heavy atom. The molecule has 2 nitrogen and oxygen atoms in total. The van der Waals surface area contributed by atoms with Gasteiger partial charge in [-0.15, -0.1) is 12.4 Å². The highest BCUT2D eigenvalue weighted by Gasteiger charge is 2.17. The number of aryl methyl sites for hydroxylation is 1. The lowest BCUT2D eigenvalue weighted by Gasteiger charge is -2.25. The molecule has 0 radical (unpaired) electrons. The molecule has 2 aromatic carbocycles. The molecule has 2 rings (SSSR count). The Morgan fingerprint density at radius 1 is 1.08 bits per heavy atom. The second kappa shape index (κ2) is 9.68. The van der Waals surface area contributed by atoms with Crippen LogP contribution in [-0.2, 0) is 13.2 Å². The summed E-state index contributed by atoms with van der Waals surface area (Å²) in [6, 6.07) is 11.9. The highest BCUT2D eigenvalue weighted by Crippen LogP contribution is 2.33. The standard InChI is InChI=1S/C20H25Cl2NO.ClH/c1-5-20(3,4)23-12-16-10-17(21)11-18(22)19(16)24-13-15-8-6-14(2)7-9-15;/h6-11,23H,5,12-13H2,1-4H3;1H. The maximum absolute atomic E-state index is 6.37. The molecule has 0 unspecified atom stereocenters. The zero-order valence-corrected chi connectivity index (χ0v) is 17.5. The van der Waals surface area contributed by atoms with Crippen LogP contribution in [0.4, 0.5) is 0 Å². The number of rotatable bonds is 7. The highest BCUT2D eigenvalue weighted by molar-refractivity contribution is 6.35. The summed E-state index contributed by atoms with van der Waals surface area (Å²) in [5.74, 6) is 0.695. The van der Waals surface area contributed by atoms with Crippen LogP contribution in [0.15, 0.2) is 36.4 Å². The lowest BCUT2D eigenvalue weighted by molar-refractivity contribution is 0.299. The van der Waals surface area contributed by atoms with Crippen molar-refractivity contribution in [1.29, 1.82) is 0 Å². The molecule has 0 atom stereocenters. The van der Waals surface area contributed by atoms with Gasteiger partial charge in [0.15, 0.2) is 0 Å². The molecule has 0 amide bonds.